The van der Waals surface area contributed by atoms with E-state index in [1.807, 2.05) is 0 Å². The molecular weight excluding hydrogens is 230 g/mol. The monoisotopic (exact) mass is 245 g/mol. The van der Waals surface area contributed by atoms with Crippen LogP contribution in [0.2, 0.25) is 0 Å². The Kier molecular flexibility index (Phi) is 3.00. The van der Waals surface area contributed by atoms with E-state index in [1.165, 1.54) is 4.31 Å². The van der Waals surface area contributed by atoms with Crippen molar-refractivity contribution >= 4 is 10.0 Å². The Morgan fingerprint density at radius 2 is 2.31 bits per heavy atom. The summed E-state index contributed by atoms with van der Waals surface area (Å²) in [4.78, 5) is 0. The number of sulfonamides is 1. The third-order valence-electron chi connectivity index (χ3n) is 2.72. The molecule has 0 amide bonds. The largest absolute Gasteiger partial charge is 0.361 e. The summed E-state index contributed by atoms with van der Waals surface area (Å²) in [5.74, 6) is 0.523. The molecule has 0 bridgehead atoms. The maximum Gasteiger partial charge on any atom is 0.220 e. The molecule has 1 aromatic rings. The Morgan fingerprint density at radius 1 is 1.62 bits per heavy atom. The highest BCUT2D eigenvalue weighted by atomic mass is 32.2. The van der Waals surface area contributed by atoms with Gasteiger partial charge in [-0.25, -0.2) is 8.42 Å². The zero-order chi connectivity index (χ0) is 11.8. The van der Waals surface area contributed by atoms with Gasteiger partial charge >= 0.3 is 0 Å². The first kappa shape index (κ1) is 11.6. The van der Waals surface area contributed by atoms with E-state index in [-0.39, 0.29) is 11.8 Å². The van der Waals surface area contributed by atoms with Crippen LogP contribution in [0.15, 0.2) is 10.6 Å². The Hall–Kier alpha value is -0.920. The second kappa shape index (κ2) is 4.15. The van der Waals surface area contributed by atoms with Crippen LogP contribution in [-0.2, 0) is 15.8 Å². The van der Waals surface area contributed by atoms with Crippen molar-refractivity contribution in [1.82, 2.24) is 14.8 Å². The lowest BCUT2D eigenvalue weighted by atomic mass is 10.2. The minimum absolute atomic E-state index is 0.0676. The lowest BCUT2D eigenvalue weighted by Gasteiger charge is -2.34. The molecule has 0 aliphatic carbocycles. The summed E-state index contributed by atoms with van der Waals surface area (Å²) in [6, 6.07) is 1.71. The first-order chi connectivity index (χ1) is 7.49. The fraction of sp³-hybridized carbons (Fsp3) is 0.667. The normalized spacial score (nSPS) is 17.7. The Balaban J connectivity index is 2.07. The van der Waals surface area contributed by atoms with Crippen molar-refractivity contribution in [2.75, 3.05) is 20.1 Å². The number of aromatic nitrogens is 1. The van der Waals surface area contributed by atoms with Gasteiger partial charge in [0.2, 0.25) is 10.0 Å². The molecule has 0 atom stereocenters. The highest BCUT2D eigenvalue weighted by Gasteiger charge is 2.31. The van der Waals surface area contributed by atoms with Crippen molar-refractivity contribution in [3.05, 3.63) is 17.5 Å². The number of rotatable bonds is 4. The average Bonchev–Trinajstić information content (AvgIpc) is 2.47. The van der Waals surface area contributed by atoms with Crippen LogP contribution in [0.3, 0.4) is 0 Å². The smallest absolute Gasteiger partial charge is 0.220 e. The second-order valence-electron chi connectivity index (χ2n) is 4.01. The predicted molar refractivity (Wildman–Crippen MR) is 58.3 cm³/mol. The van der Waals surface area contributed by atoms with E-state index in [0.29, 0.717) is 24.5 Å². The minimum Gasteiger partial charge on any atom is -0.361 e. The topological polar surface area (TPSA) is 75.4 Å². The summed E-state index contributed by atoms with van der Waals surface area (Å²) in [7, 11) is -1.68. The van der Waals surface area contributed by atoms with E-state index in [2.05, 4.69) is 10.5 Å². The molecule has 16 heavy (non-hydrogen) atoms. The molecule has 1 aliphatic heterocycles. The summed E-state index contributed by atoms with van der Waals surface area (Å²) >= 11 is 0. The Labute approximate surface area is 94.7 Å². The SMILES string of the molecule is Cc1cc(CS(=O)(=O)N(C)C2CNC2)no1. The third-order valence-corrected chi connectivity index (χ3v) is 4.56. The van der Waals surface area contributed by atoms with Crippen LogP contribution < -0.4 is 5.32 Å². The van der Waals surface area contributed by atoms with Crippen molar-refractivity contribution < 1.29 is 12.9 Å². The zero-order valence-electron chi connectivity index (χ0n) is 9.30. The van der Waals surface area contributed by atoms with Gasteiger partial charge in [-0.15, -0.1) is 0 Å². The van der Waals surface area contributed by atoms with E-state index in [9.17, 15) is 8.42 Å². The Bertz CT molecular complexity index is 464. The van der Waals surface area contributed by atoms with E-state index >= 15 is 0 Å². The molecule has 1 aromatic heterocycles. The summed E-state index contributed by atoms with van der Waals surface area (Å²) in [6.45, 7) is 3.17. The van der Waals surface area contributed by atoms with Crippen LogP contribution >= 0.6 is 0 Å². The van der Waals surface area contributed by atoms with Crippen molar-refractivity contribution in [3.8, 4) is 0 Å². The number of hydrogen-bond donors (Lipinski definition) is 1. The third kappa shape index (κ3) is 2.26. The number of nitrogens with one attached hydrogen (secondary N) is 1. The van der Waals surface area contributed by atoms with E-state index in [4.69, 9.17) is 4.52 Å². The summed E-state index contributed by atoms with van der Waals surface area (Å²) < 4.78 is 30.2. The number of nitrogens with zero attached hydrogens (tertiary/aromatic N) is 2. The molecule has 2 rings (SSSR count). The number of aryl methyl sites for hydroxylation is 1. The van der Waals surface area contributed by atoms with Crippen molar-refractivity contribution in [3.63, 3.8) is 0 Å². The van der Waals surface area contributed by atoms with Gasteiger partial charge in [0.15, 0.2) is 0 Å². The van der Waals surface area contributed by atoms with Crippen LogP contribution in [0.5, 0.6) is 0 Å². The molecule has 2 heterocycles. The van der Waals surface area contributed by atoms with Crippen LogP contribution in [0.1, 0.15) is 11.5 Å². The maximum absolute atomic E-state index is 12.0. The standard InChI is InChI=1S/C9H15N3O3S/c1-7-3-8(11-15-7)6-16(13,14)12(2)9-4-10-5-9/h3,9-10H,4-6H2,1-2H3. The second-order valence-corrected chi connectivity index (χ2v) is 6.04. The molecule has 7 heteroatoms. The first-order valence-corrected chi connectivity index (χ1v) is 6.68. The maximum atomic E-state index is 12.0. The molecule has 1 aliphatic rings. The van der Waals surface area contributed by atoms with Gasteiger partial charge in [-0.3, -0.25) is 0 Å². The molecule has 0 saturated carbocycles. The van der Waals surface area contributed by atoms with Crippen LogP contribution in [0.4, 0.5) is 0 Å². The summed E-state index contributed by atoms with van der Waals surface area (Å²) in [6.07, 6.45) is 0. The molecule has 0 unspecified atom stereocenters. The van der Waals surface area contributed by atoms with E-state index in [0.717, 1.165) is 0 Å². The average molecular weight is 245 g/mol. The van der Waals surface area contributed by atoms with Gasteiger partial charge in [0.25, 0.3) is 0 Å². The lowest BCUT2D eigenvalue weighted by molar-refractivity contribution is 0.273. The van der Waals surface area contributed by atoms with Crippen molar-refractivity contribution in [1.29, 1.82) is 0 Å². The first-order valence-electron chi connectivity index (χ1n) is 5.07. The van der Waals surface area contributed by atoms with E-state index < -0.39 is 10.0 Å². The highest BCUT2D eigenvalue weighted by molar-refractivity contribution is 7.88. The van der Waals surface area contributed by atoms with Gasteiger partial charge < -0.3 is 9.84 Å². The van der Waals surface area contributed by atoms with Crippen LogP contribution in [-0.4, -0.2) is 44.1 Å². The van der Waals surface area contributed by atoms with E-state index in [1.54, 1.807) is 20.0 Å². The van der Waals surface area contributed by atoms with Crippen molar-refractivity contribution in [2.24, 2.45) is 0 Å². The molecule has 1 fully saturated rings. The molecular formula is C9H15N3O3S. The summed E-state index contributed by atoms with van der Waals surface area (Å²) in [5, 5.41) is 6.73. The van der Waals surface area contributed by atoms with Gasteiger partial charge in [0.05, 0.1) is 0 Å². The fourth-order valence-corrected chi connectivity index (χ4v) is 2.85. The quantitative estimate of drug-likeness (QED) is 0.789. The van der Waals surface area contributed by atoms with Crippen LogP contribution in [0.25, 0.3) is 0 Å². The van der Waals surface area contributed by atoms with Gasteiger partial charge in [-0.2, -0.15) is 4.31 Å². The fourth-order valence-electron chi connectivity index (χ4n) is 1.53. The Morgan fingerprint density at radius 3 is 2.75 bits per heavy atom. The predicted octanol–water partition coefficient (Wildman–Crippen LogP) is -0.284. The molecule has 1 N–H and O–H groups in total. The van der Waals surface area contributed by atoms with Gasteiger partial charge in [-0.05, 0) is 6.92 Å². The molecule has 0 radical (unpaired) electrons. The lowest BCUT2D eigenvalue weighted by Crippen LogP contribution is -2.57. The molecule has 1 saturated heterocycles. The van der Waals surface area contributed by atoms with Gasteiger partial charge in [-0.1, -0.05) is 5.16 Å². The van der Waals surface area contributed by atoms with Crippen molar-refractivity contribution in [2.45, 2.75) is 18.7 Å². The molecule has 90 valence electrons. The number of hydrogen-bond acceptors (Lipinski definition) is 5. The minimum atomic E-state index is -3.29. The number of likely N-dealkylation sites (N-methyl/N-ethyl adjacent to an activating group) is 1. The molecule has 0 aromatic carbocycles. The summed E-state index contributed by atoms with van der Waals surface area (Å²) in [5.41, 5.74) is 0.455. The van der Waals surface area contributed by atoms with Crippen LogP contribution in [0, 0.1) is 6.92 Å². The molecule has 0 spiro atoms. The highest BCUT2D eigenvalue weighted by Crippen LogP contribution is 2.14. The van der Waals surface area contributed by atoms with Gasteiger partial charge in [0, 0.05) is 32.2 Å². The van der Waals surface area contributed by atoms with Gasteiger partial charge in [0.1, 0.15) is 17.2 Å². The zero-order valence-corrected chi connectivity index (χ0v) is 10.1. The molecule has 6 nitrogen and oxygen atoms in total.